The molecule has 2 aromatic carbocycles. The summed E-state index contributed by atoms with van der Waals surface area (Å²) in [6.07, 6.45) is 2.58. The van der Waals surface area contributed by atoms with E-state index in [1.807, 2.05) is 22.9 Å². The summed E-state index contributed by atoms with van der Waals surface area (Å²) in [7, 11) is 0. The lowest BCUT2D eigenvalue weighted by molar-refractivity contribution is 0.0383. The number of nitrogens with one attached hydrogen (secondary N) is 1. The molecule has 0 fully saturated rings. The number of benzene rings is 2. The lowest BCUT2D eigenvalue weighted by Gasteiger charge is -2.22. The van der Waals surface area contributed by atoms with Crippen molar-refractivity contribution in [3.8, 4) is 0 Å². The lowest BCUT2D eigenvalue weighted by atomic mass is 10.1. The number of fused-ring (bicyclic) bond motifs is 1. The van der Waals surface area contributed by atoms with Gasteiger partial charge >= 0.3 is 0 Å². The molecule has 1 amide bonds. The minimum absolute atomic E-state index is 0.255. The number of halogens is 1. The van der Waals surface area contributed by atoms with E-state index >= 15 is 0 Å². The van der Waals surface area contributed by atoms with Gasteiger partial charge in [0, 0.05) is 18.3 Å². The highest BCUT2D eigenvalue weighted by atomic mass is 19.1. The van der Waals surface area contributed by atoms with Gasteiger partial charge in [0.1, 0.15) is 11.9 Å². The Morgan fingerprint density at radius 2 is 1.96 bits per heavy atom. The average molecular weight is 365 g/mol. The SMILES string of the molecule is O=C(NC[C@@H]1OCCc2cn(Cc3ccccc3)nc21)c1ccc(F)cc1. The molecule has 0 bridgehead atoms. The third-order valence-corrected chi connectivity index (χ3v) is 4.61. The summed E-state index contributed by atoms with van der Waals surface area (Å²) in [4.78, 5) is 12.2. The van der Waals surface area contributed by atoms with E-state index in [0.29, 0.717) is 25.3 Å². The first-order valence-corrected chi connectivity index (χ1v) is 8.94. The predicted molar refractivity (Wildman–Crippen MR) is 98.9 cm³/mol. The molecule has 138 valence electrons. The van der Waals surface area contributed by atoms with Crippen molar-refractivity contribution >= 4 is 5.91 Å². The Morgan fingerprint density at radius 1 is 1.19 bits per heavy atom. The predicted octanol–water partition coefficient (Wildman–Crippen LogP) is 3.11. The minimum Gasteiger partial charge on any atom is -0.370 e. The Bertz CT molecular complexity index is 922. The van der Waals surface area contributed by atoms with Crippen LogP contribution in [0.5, 0.6) is 0 Å². The van der Waals surface area contributed by atoms with Crippen molar-refractivity contribution in [2.45, 2.75) is 19.1 Å². The first-order valence-electron chi connectivity index (χ1n) is 8.94. The Balaban J connectivity index is 1.43. The number of hydrogen-bond donors (Lipinski definition) is 1. The number of rotatable bonds is 5. The number of carbonyl (C=O) groups excluding carboxylic acids is 1. The Hall–Kier alpha value is -2.99. The molecule has 0 aliphatic carbocycles. The van der Waals surface area contributed by atoms with Gasteiger partial charge in [0.15, 0.2) is 0 Å². The Morgan fingerprint density at radius 3 is 2.74 bits per heavy atom. The van der Waals surface area contributed by atoms with Crippen LogP contribution in [0.15, 0.2) is 60.8 Å². The minimum atomic E-state index is -0.365. The molecule has 1 aliphatic rings. The van der Waals surface area contributed by atoms with Crippen molar-refractivity contribution in [1.82, 2.24) is 15.1 Å². The van der Waals surface area contributed by atoms with E-state index in [2.05, 4.69) is 28.7 Å². The number of amides is 1. The fourth-order valence-corrected chi connectivity index (χ4v) is 3.23. The highest BCUT2D eigenvalue weighted by molar-refractivity contribution is 5.94. The summed E-state index contributed by atoms with van der Waals surface area (Å²) >= 11 is 0. The maximum atomic E-state index is 13.0. The van der Waals surface area contributed by atoms with Gasteiger partial charge in [0.25, 0.3) is 5.91 Å². The number of hydrogen-bond acceptors (Lipinski definition) is 3. The van der Waals surface area contributed by atoms with Crippen molar-refractivity contribution in [2.75, 3.05) is 13.2 Å². The summed E-state index contributed by atoms with van der Waals surface area (Å²) in [6.45, 7) is 1.62. The second-order valence-corrected chi connectivity index (χ2v) is 6.55. The van der Waals surface area contributed by atoms with Gasteiger partial charge in [-0.05, 0) is 41.8 Å². The molecule has 3 aromatic rings. The van der Waals surface area contributed by atoms with Crippen LogP contribution in [0.25, 0.3) is 0 Å². The van der Waals surface area contributed by atoms with Gasteiger partial charge in [-0.2, -0.15) is 5.10 Å². The zero-order valence-corrected chi connectivity index (χ0v) is 14.8. The van der Waals surface area contributed by atoms with E-state index in [9.17, 15) is 9.18 Å². The normalized spacial score (nSPS) is 16.0. The number of carbonyl (C=O) groups is 1. The van der Waals surface area contributed by atoms with Crippen LogP contribution in [-0.2, 0) is 17.7 Å². The number of aromatic nitrogens is 2. The van der Waals surface area contributed by atoms with Gasteiger partial charge in [0.2, 0.25) is 0 Å². The summed E-state index contributed by atoms with van der Waals surface area (Å²) in [6, 6.07) is 15.6. The van der Waals surface area contributed by atoms with Crippen LogP contribution in [-0.4, -0.2) is 28.8 Å². The molecule has 0 spiro atoms. The van der Waals surface area contributed by atoms with Crippen molar-refractivity contribution in [1.29, 1.82) is 0 Å². The topological polar surface area (TPSA) is 56.1 Å². The molecule has 2 heterocycles. The molecule has 0 saturated carbocycles. The highest BCUT2D eigenvalue weighted by Crippen LogP contribution is 2.25. The van der Waals surface area contributed by atoms with Gasteiger partial charge in [0.05, 0.1) is 18.8 Å². The quantitative estimate of drug-likeness (QED) is 0.756. The zero-order valence-electron chi connectivity index (χ0n) is 14.8. The van der Waals surface area contributed by atoms with Crippen LogP contribution >= 0.6 is 0 Å². The second kappa shape index (κ2) is 7.72. The summed E-state index contributed by atoms with van der Waals surface area (Å²) < 4.78 is 20.7. The smallest absolute Gasteiger partial charge is 0.251 e. The largest absolute Gasteiger partial charge is 0.370 e. The first kappa shape index (κ1) is 17.4. The third-order valence-electron chi connectivity index (χ3n) is 4.61. The molecule has 1 aliphatic heterocycles. The molecule has 6 heteroatoms. The molecule has 0 saturated heterocycles. The summed E-state index contributed by atoms with van der Waals surface area (Å²) in [5.41, 5.74) is 3.62. The second-order valence-electron chi connectivity index (χ2n) is 6.55. The van der Waals surface area contributed by atoms with Crippen LogP contribution in [0.2, 0.25) is 0 Å². The van der Waals surface area contributed by atoms with Gasteiger partial charge in [-0.3, -0.25) is 9.48 Å². The first-order chi connectivity index (χ1) is 13.2. The molecule has 5 nitrogen and oxygen atoms in total. The van der Waals surface area contributed by atoms with Crippen molar-refractivity contribution in [3.05, 3.63) is 89.0 Å². The third kappa shape index (κ3) is 4.06. The van der Waals surface area contributed by atoms with Crippen LogP contribution in [0.4, 0.5) is 4.39 Å². The van der Waals surface area contributed by atoms with Gasteiger partial charge in [-0.15, -0.1) is 0 Å². The molecule has 1 atom stereocenters. The van der Waals surface area contributed by atoms with Gasteiger partial charge in [-0.1, -0.05) is 30.3 Å². The Labute approximate surface area is 156 Å². The maximum Gasteiger partial charge on any atom is 0.251 e. The van der Waals surface area contributed by atoms with Crippen molar-refractivity contribution in [3.63, 3.8) is 0 Å². The molecule has 0 unspecified atom stereocenters. The monoisotopic (exact) mass is 365 g/mol. The fourth-order valence-electron chi connectivity index (χ4n) is 3.23. The molecular weight excluding hydrogens is 345 g/mol. The number of nitrogens with zero attached hydrogens (tertiary/aromatic N) is 2. The standard InChI is InChI=1S/C21H20FN3O2/c22-18-8-6-16(7-9-18)21(26)23-12-19-20-17(10-11-27-19)14-25(24-20)13-15-4-2-1-3-5-15/h1-9,14,19H,10-13H2,(H,23,26)/t19-/m0/s1. The van der Waals surface area contributed by atoms with Gasteiger partial charge < -0.3 is 10.1 Å². The van der Waals surface area contributed by atoms with Crippen molar-refractivity contribution < 1.29 is 13.9 Å². The van der Waals surface area contributed by atoms with E-state index in [4.69, 9.17) is 4.74 Å². The molecular formula is C21H20FN3O2. The highest BCUT2D eigenvalue weighted by Gasteiger charge is 2.25. The van der Waals surface area contributed by atoms with Crippen LogP contribution in [0, 0.1) is 5.82 Å². The van der Waals surface area contributed by atoms with Crippen LogP contribution < -0.4 is 5.32 Å². The number of ether oxygens (including phenoxy) is 1. The van der Waals surface area contributed by atoms with E-state index in [-0.39, 0.29) is 17.8 Å². The summed E-state index contributed by atoms with van der Waals surface area (Å²) in [5, 5.41) is 7.53. The molecule has 4 rings (SSSR count). The van der Waals surface area contributed by atoms with E-state index in [1.165, 1.54) is 29.8 Å². The fraction of sp³-hybridized carbons (Fsp3) is 0.238. The van der Waals surface area contributed by atoms with Crippen LogP contribution in [0.1, 0.15) is 33.3 Å². The zero-order chi connectivity index (χ0) is 18.6. The van der Waals surface area contributed by atoms with Crippen LogP contribution in [0.3, 0.4) is 0 Å². The van der Waals surface area contributed by atoms with Gasteiger partial charge in [-0.25, -0.2) is 4.39 Å². The van der Waals surface area contributed by atoms with E-state index < -0.39 is 0 Å². The van der Waals surface area contributed by atoms with Crippen molar-refractivity contribution in [2.24, 2.45) is 0 Å². The van der Waals surface area contributed by atoms with E-state index in [0.717, 1.165) is 17.7 Å². The van der Waals surface area contributed by atoms with E-state index in [1.54, 1.807) is 0 Å². The molecule has 1 aromatic heterocycles. The molecule has 1 N–H and O–H groups in total. The lowest BCUT2D eigenvalue weighted by Crippen LogP contribution is -2.31. The maximum absolute atomic E-state index is 13.0. The Kier molecular flexibility index (Phi) is 4.98. The molecule has 0 radical (unpaired) electrons. The molecule has 27 heavy (non-hydrogen) atoms. The average Bonchev–Trinajstić information content (AvgIpc) is 3.10. The summed E-state index contributed by atoms with van der Waals surface area (Å²) in [5.74, 6) is -0.620.